The second kappa shape index (κ2) is 65.1. The van der Waals surface area contributed by atoms with Gasteiger partial charge in [-0.2, -0.15) is 20.2 Å². The zero-order valence-electron chi connectivity index (χ0n) is 57.4. The molecule has 0 aliphatic carbocycles. The first-order valence-electron chi connectivity index (χ1n) is 27.5. The number of urea groups is 1. The van der Waals surface area contributed by atoms with E-state index in [0.29, 0.717) is 40.4 Å². The Morgan fingerprint density at radius 2 is 1.23 bits per heavy atom. The number of hydrogen-bond donors (Lipinski definition) is 13. The normalized spacial score (nSPS) is 9.44. The third kappa shape index (κ3) is 65.6. The topological polar surface area (TPSA) is 411 Å². The molecular formula is C56H108N18O11S5. The van der Waals surface area contributed by atoms with Crippen molar-refractivity contribution >= 4 is 118 Å². The van der Waals surface area contributed by atoms with Gasteiger partial charge in [-0.25, -0.2) is 36.6 Å². The van der Waals surface area contributed by atoms with Crippen LogP contribution in [0.1, 0.15) is 86.4 Å². The summed E-state index contributed by atoms with van der Waals surface area (Å²) in [5.41, 5.74) is 9.67. The van der Waals surface area contributed by atoms with E-state index in [4.69, 9.17) is 18.0 Å². The molecule has 34 heteroatoms. The number of carbonyl (C=O) groups is 5. The molecule has 0 unspecified atom stereocenters. The van der Waals surface area contributed by atoms with Gasteiger partial charge in [0.1, 0.15) is 24.2 Å². The SMILES string of the molecule is CC(=O)c1ccc2c(=O)n(C)nnc2c1.CCC(=O)NC.CCC(=S)NC.CCNC.CCS(=O)(=O)NC.CN=C(N)CSC.CNC(=O)NC.CNC(=S)NC.CNCC(C)=O.CNS(=O)(=O)NC.CNc1ccc(C)cc1.Cc1cc(C(=O)[O-])cc[n+]1C. The summed E-state index contributed by atoms with van der Waals surface area (Å²) in [5.74, 6) is 0.799. The molecule has 2 aromatic carbocycles. The number of carboxylic acid groups (broad SMARTS) is 1. The Balaban J connectivity index is -0.000000138. The van der Waals surface area contributed by atoms with Gasteiger partial charge in [-0.1, -0.05) is 62.0 Å². The first kappa shape index (κ1) is 99.3. The minimum absolute atomic E-state index is 0.0561. The number of carbonyl (C=O) groups excluding carboxylic acids is 5. The highest BCUT2D eigenvalue weighted by molar-refractivity contribution is 7.99. The number of thioether (sulfide) groups is 1. The molecule has 0 aliphatic heterocycles. The molecule has 4 aromatic rings. The van der Waals surface area contributed by atoms with Crippen LogP contribution >= 0.6 is 36.2 Å². The molecule has 14 N–H and O–H groups in total. The number of aromatic carboxylic acids is 1. The van der Waals surface area contributed by atoms with Gasteiger partial charge in [-0.3, -0.25) is 24.2 Å². The fourth-order valence-corrected chi connectivity index (χ4v) is 5.11. The summed E-state index contributed by atoms with van der Waals surface area (Å²) in [7, 11) is 18.9. The number of likely N-dealkylation sites (N-methyl/N-ethyl adjacent to an activating group) is 1. The molecule has 0 spiro atoms. The number of amidine groups is 1. The lowest BCUT2D eigenvalue weighted by Crippen LogP contribution is -2.33. The van der Waals surface area contributed by atoms with Gasteiger partial charge in [0.05, 0.1) is 34.4 Å². The fraction of sp³-hybridized carbons (Fsp3) is 0.536. The molecule has 3 amide bonds. The molecule has 0 atom stereocenters. The zero-order chi connectivity index (χ0) is 72.0. The van der Waals surface area contributed by atoms with Crippen LogP contribution in [0.25, 0.3) is 10.9 Å². The van der Waals surface area contributed by atoms with Gasteiger partial charge in [0.15, 0.2) is 22.8 Å². The molecule has 0 aliphatic rings. The van der Waals surface area contributed by atoms with Gasteiger partial charge in [-0.05, 0) is 105 Å². The Hall–Kier alpha value is -6.89. The summed E-state index contributed by atoms with van der Waals surface area (Å²) in [6.07, 6.45) is 5.22. The third-order valence-electron chi connectivity index (χ3n) is 9.88. The molecule has 0 bridgehead atoms. The van der Waals surface area contributed by atoms with Crippen molar-refractivity contribution in [3.8, 4) is 0 Å². The van der Waals surface area contributed by atoms with Crippen LogP contribution in [0, 0.1) is 13.8 Å². The number of fused-ring (bicyclic) bond motifs is 1. The minimum atomic E-state index is -3.16. The van der Waals surface area contributed by atoms with Crippen LogP contribution in [0.4, 0.5) is 10.5 Å². The lowest BCUT2D eigenvalue weighted by molar-refractivity contribution is -0.677. The number of sulfonamides is 1. The molecular weight excluding hydrogens is 1260 g/mol. The molecule has 0 radical (unpaired) electrons. The molecule has 2 aromatic heterocycles. The van der Waals surface area contributed by atoms with Gasteiger partial charge in [0.25, 0.3) is 15.8 Å². The highest BCUT2D eigenvalue weighted by atomic mass is 32.2. The van der Waals surface area contributed by atoms with Gasteiger partial charge < -0.3 is 63.5 Å². The molecule has 518 valence electrons. The average molecular weight is 1370 g/mol. The molecule has 0 fully saturated rings. The van der Waals surface area contributed by atoms with E-state index in [0.717, 1.165) is 34.1 Å². The Morgan fingerprint density at radius 3 is 1.46 bits per heavy atom. The largest absolute Gasteiger partial charge is 0.545 e. The highest BCUT2D eigenvalue weighted by Gasteiger charge is 2.06. The predicted molar refractivity (Wildman–Crippen MR) is 378 cm³/mol. The number of carboxylic acids is 1. The molecule has 29 nitrogen and oxygen atoms in total. The number of anilines is 1. The number of Topliss-reactive ketones (excluding diaryl/α,β-unsaturated/α-hetero) is 2. The van der Waals surface area contributed by atoms with Crippen molar-refractivity contribution in [3.05, 3.63) is 93.5 Å². The van der Waals surface area contributed by atoms with Crippen LogP contribution < -0.4 is 83.0 Å². The Labute approximate surface area is 551 Å². The van der Waals surface area contributed by atoms with Gasteiger partial charge in [0.2, 0.25) is 15.9 Å². The maximum absolute atomic E-state index is 11.6. The van der Waals surface area contributed by atoms with Crippen LogP contribution in [-0.4, -0.2) is 200 Å². The van der Waals surface area contributed by atoms with Crippen molar-refractivity contribution in [2.24, 2.45) is 24.8 Å². The van der Waals surface area contributed by atoms with E-state index in [-0.39, 0.29) is 40.4 Å². The molecule has 2 heterocycles. The van der Waals surface area contributed by atoms with Crippen LogP contribution in [0.2, 0.25) is 0 Å². The monoisotopic (exact) mass is 1370 g/mol. The van der Waals surface area contributed by atoms with E-state index in [9.17, 15) is 50.7 Å². The molecule has 0 saturated carbocycles. The maximum Gasteiger partial charge on any atom is 0.314 e. The summed E-state index contributed by atoms with van der Waals surface area (Å²) < 4.78 is 50.1. The quantitative estimate of drug-likeness (QED) is 0.0271. The number of aromatic nitrogens is 4. The lowest BCUT2D eigenvalue weighted by Gasteiger charge is -2.00. The first-order chi connectivity index (χ1) is 42.0. The average Bonchev–Trinajstić information content (AvgIpc) is 1.12. The Kier molecular flexibility index (Phi) is 71.8. The number of pyridine rings is 1. The standard InChI is InChI=1S/C10H9N3O2.C8H9NO2.C8H11N.C4H10N2S.2C4H9NO.C4H9NS.C3H8N2O.C3H8N2S.C3H9NO2S.C3H9N.C2H8N2O2S/c1-6(14)7-3-4-8-9(5-7)11-12-13(2)10(8)15;1-6-5-7(8(10)11)3-4-9(6)2;1-7-3-5-8(9-2)6-4-7;1-6-4(5)3-7-2;1-4(6)3-5-2;2*1-3-4(6)5-2;2*1-4-3(6)5-2;1-3-7(5,6)4-2;1-3-4-2;1-3-7(5,6)4-2/h3-5H,1-2H3;3-5H,1-2H3;3-6,9H,1-2H3;3H2,1-2H3,(H2,5,6);5H,3H2,1-2H3;2*3H2,1-2H3,(H,5,6);2*1-2H3,(H2,4,5,6);4H,3H2,1-2H3;4H,3H2,1-2H3;3-4H,1-2H3. The van der Waals surface area contributed by atoms with Crippen molar-refractivity contribution in [2.45, 2.75) is 68.2 Å². The van der Waals surface area contributed by atoms with Crippen LogP contribution in [-0.2, 0) is 43.9 Å². The van der Waals surface area contributed by atoms with E-state index >= 15 is 0 Å². The number of ketones is 2. The summed E-state index contributed by atoms with van der Waals surface area (Å²) >= 11 is 11.1. The van der Waals surface area contributed by atoms with Crippen molar-refractivity contribution in [3.63, 3.8) is 0 Å². The van der Waals surface area contributed by atoms with E-state index in [1.54, 1.807) is 105 Å². The van der Waals surface area contributed by atoms with Gasteiger partial charge >= 0.3 is 6.03 Å². The van der Waals surface area contributed by atoms with Crippen molar-refractivity contribution in [1.82, 2.24) is 71.7 Å². The number of nitrogens with one attached hydrogen (secondary N) is 12. The summed E-state index contributed by atoms with van der Waals surface area (Å²) in [6, 6.07) is 16.0. The van der Waals surface area contributed by atoms with Crippen molar-refractivity contribution in [2.75, 3.05) is 128 Å². The Bertz CT molecular complexity index is 2760. The smallest absolute Gasteiger partial charge is 0.314 e. The highest BCUT2D eigenvalue weighted by Crippen LogP contribution is 2.09. The fourth-order valence-electron chi connectivity index (χ4n) is 4.19. The summed E-state index contributed by atoms with van der Waals surface area (Å²) in [6.45, 7) is 16.0. The van der Waals surface area contributed by atoms with Crippen molar-refractivity contribution < 1.29 is 50.5 Å². The lowest BCUT2D eigenvalue weighted by atomic mass is 10.1. The van der Waals surface area contributed by atoms with Gasteiger partial charge in [-0.15, -0.1) is 5.10 Å². The second-order valence-electron chi connectivity index (χ2n) is 16.7. The minimum Gasteiger partial charge on any atom is -0.545 e. The predicted octanol–water partition coefficient (Wildman–Crippen LogP) is 0.674. The number of hydrogen-bond acceptors (Lipinski definition) is 20. The van der Waals surface area contributed by atoms with Gasteiger partial charge in [0, 0.05) is 120 Å². The zero-order valence-corrected chi connectivity index (χ0v) is 61.4. The van der Waals surface area contributed by atoms with E-state index in [2.05, 4.69) is 128 Å². The van der Waals surface area contributed by atoms with Crippen LogP contribution in [0.3, 0.4) is 0 Å². The number of nitrogens with zero attached hydrogens (tertiary/aromatic N) is 5. The second-order valence-corrected chi connectivity index (χ2v) is 22.5. The number of rotatable bonds is 14. The van der Waals surface area contributed by atoms with Crippen LogP contribution in [0.5, 0.6) is 0 Å². The number of nitrogens with two attached hydrogens (primary N) is 1. The summed E-state index contributed by atoms with van der Waals surface area (Å²) in [4.78, 5) is 67.7. The maximum atomic E-state index is 11.6. The molecule has 90 heavy (non-hydrogen) atoms. The number of aryl methyl sites for hydroxylation is 4. The van der Waals surface area contributed by atoms with Crippen LogP contribution in [0.15, 0.2) is 70.6 Å². The number of thiocarbonyl (C=S) groups is 2. The molecule has 4 rings (SSSR count). The number of aliphatic imine (C=N–C) groups is 1. The first-order valence-corrected chi connectivity index (χ1v) is 32.8. The van der Waals surface area contributed by atoms with Crippen molar-refractivity contribution in [1.29, 1.82) is 0 Å². The number of amides is 3. The molecule has 0 saturated heterocycles. The van der Waals surface area contributed by atoms with E-state index in [1.165, 1.54) is 52.4 Å². The van der Waals surface area contributed by atoms with E-state index < -0.39 is 26.2 Å². The van der Waals surface area contributed by atoms with E-state index in [1.807, 2.05) is 59.8 Å². The Morgan fingerprint density at radius 1 is 0.722 bits per heavy atom. The summed E-state index contributed by atoms with van der Waals surface area (Å²) in [5, 5.41) is 43.2. The third-order valence-corrected chi connectivity index (χ3v) is 13.8. The number of benzene rings is 2.